The molecule has 7 heteroatoms. The summed E-state index contributed by atoms with van der Waals surface area (Å²) in [5, 5.41) is 23.5. The first kappa shape index (κ1) is 16.7. The van der Waals surface area contributed by atoms with Crippen molar-refractivity contribution in [1.29, 1.82) is 0 Å². The highest BCUT2D eigenvalue weighted by atomic mass is 35.5. The Bertz CT molecular complexity index is 977. The van der Waals surface area contributed by atoms with Gasteiger partial charge < -0.3 is 10.2 Å². The smallest absolute Gasteiger partial charge is 0.357 e. The molecule has 0 saturated carbocycles. The van der Waals surface area contributed by atoms with Crippen molar-refractivity contribution in [1.82, 2.24) is 9.78 Å². The van der Waals surface area contributed by atoms with Crippen LogP contribution in [-0.4, -0.2) is 31.9 Å². The summed E-state index contributed by atoms with van der Waals surface area (Å²) in [6.45, 7) is 1.88. The number of hydrogen-bond donors (Lipinski definition) is 2. The van der Waals surface area contributed by atoms with E-state index in [0.717, 1.165) is 5.56 Å². The van der Waals surface area contributed by atoms with Gasteiger partial charge in [-0.3, -0.25) is 0 Å². The molecule has 0 fully saturated rings. The molecule has 0 aliphatic rings. The monoisotopic (exact) mass is 356 g/mol. The highest BCUT2D eigenvalue weighted by Gasteiger charge is 2.29. The molecule has 2 aromatic carbocycles. The molecule has 0 aliphatic heterocycles. The number of carbonyl (C=O) groups is 2. The van der Waals surface area contributed by atoms with Gasteiger partial charge in [0, 0.05) is 10.6 Å². The van der Waals surface area contributed by atoms with Crippen LogP contribution in [0.2, 0.25) is 5.02 Å². The van der Waals surface area contributed by atoms with E-state index in [9.17, 15) is 19.8 Å². The van der Waals surface area contributed by atoms with Crippen molar-refractivity contribution in [3.8, 4) is 16.9 Å². The summed E-state index contributed by atoms with van der Waals surface area (Å²) in [6, 6.07) is 13.7. The lowest BCUT2D eigenvalue weighted by atomic mass is 10.1. The minimum absolute atomic E-state index is 0.187. The number of benzene rings is 2. The molecule has 2 N–H and O–H groups in total. The first-order valence-electron chi connectivity index (χ1n) is 7.31. The van der Waals surface area contributed by atoms with Crippen LogP contribution in [0, 0.1) is 6.92 Å². The van der Waals surface area contributed by atoms with E-state index >= 15 is 0 Å². The Kier molecular flexibility index (Phi) is 4.29. The predicted molar refractivity (Wildman–Crippen MR) is 92.7 cm³/mol. The lowest BCUT2D eigenvalue weighted by Gasteiger charge is -2.09. The summed E-state index contributed by atoms with van der Waals surface area (Å²) in [5.74, 6) is -2.76. The molecule has 1 heterocycles. The zero-order valence-electron chi connectivity index (χ0n) is 13.1. The highest BCUT2D eigenvalue weighted by molar-refractivity contribution is 6.30. The fourth-order valence-corrected chi connectivity index (χ4v) is 2.72. The largest absolute Gasteiger partial charge is 0.478 e. The standard InChI is InChI=1S/C18H13ClN2O4/c1-10-3-2-4-13(9-10)21-16(11-5-7-12(19)8-6-11)14(17(22)23)15(20-21)18(24)25/h2-9H,1H3,(H,22,23)(H,24,25). The summed E-state index contributed by atoms with van der Waals surface area (Å²) >= 11 is 5.90. The Morgan fingerprint density at radius 2 is 1.72 bits per heavy atom. The number of aromatic nitrogens is 2. The molecule has 1 aromatic heterocycles. The Morgan fingerprint density at radius 3 is 2.28 bits per heavy atom. The Hall–Kier alpha value is -3.12. The van der Waals surface area contributed by atoms with Gasteiger partial charge in [-0.1, -0.05) is 35.9 Å². The first-order chi connectivity index (χ1) is 11.9. The van der Waals surface area contributed by atoms with Crippen LogP contribution in [0.4, 0.5) is 0 Å². The van der Waals surface area contributed by atoms with Crippen molar-refractivity contribution in [2.75, 3.05) is 0 Å². The fourth-order valence-electron chi connectivity index (χ4n) is 2.59. The van der Waals surface area contributed by atoms with Crippen LogP contribution >= 0.6 is 11.6 Å². The molecule has 0 spiro atoms. The zero-order valence-corrected chi connectivity index (χ0v) is 13.9. The number of nitrogens with zero attached hydrogens (tertiary/aromatic N) is 2. The molecule has 0 radical (unpaired) electrons. The van der Waals surface area contributed by atoms with Gasteiger partial charge in [0.25, 0.3) is 0 Å². The van der Waals surface area contributed by atoms with Gasteiger partial charge >= 0.3 is 11.9 Å². The fraction of sp³-hybridized carbons (Fsp3) is 0.0556. The lowest BCUT2D eigenvalue weighted by Crippen LogP contribution is -2.07. The molecule has 0 unspecified atom stereocenters. The maximum Gasteiger partial charge on any atom is 0.357 e. The van der Waals surface area contributed by atoms with Crippen LogP contribution in [0.1, 0.15) is 26.4 Å². The Morgan fingerprint density at radius 1 is 1.04 bits per heavy atom. The van der Waals surface area contributed by atoms with E-state index in [4.69, 9.17) is 11.6 Å². The summed E-state index contributed by atoms with van der Waals surface area (Å²) in [6.07, 6.45) is 0. The minimum Gasteiger partial charge on any atom is -0.478 e. The molecular formula is C18H13ClN2O4. The second kappa shape index (κ2) is 6.41. The summed E-state index contributed by atoms with van der Waals surface area (Å²) in [5.41, 5.74) is 1.31. The number of aromatic carboxylic acids is 2. The predicted octanol–water partition coefficient (Wildman–Crippen LogP) is 3.90. The number of carboxylic acids is 2. The van der Waals surface area contributed by atoms with Gasteiger partial charge in [-0.2, -0.15) is 5.10 Å². The molecule has 3 aromatic rings. The Labute approximate surface area is 147 Å². The molecule has 3 rings (SSSR count). The van der Waals surface area contributed by atoms with Crippen molar-refractivity contribution < 1.29 is 19.8 Å². The average molecular weight is 357 g/mol. The maximum absolute atomic E-state index is 11.8. The van der Waals surface area contributed by atoms with Crippen LogP contribution in [0.25, 0.3) is 16.9 Å². The molecule has 6 nitrogen and oxygen atoms in total. The van der Waals surface area contributed by atoms with Gasteiger partial charge in [-0.25, -0.2) is 14.3 Å². The van der Waals surface area contributed by atoms with Crippen molar-refractivity contribution >= 4 is 23.5 Å². The molecule has 0 aliphatic carbocycles. The highest BCUT2D eigenvalue weighted by Crippen LogP contribution is 2.30. The molecule has 0 amide bonds. The van der Waals surface area contributed by atoms with Crippen LogP contribution < -0.4 is 0 Å². The molecule has 126 valence electrons. The molecule has 25 heavy (non-hydrogen) atoms. The third-order valence-electron chi connectivity index (χ3n) is 3.67. The third kappa shape index (κ3) is 3.12. The SMILES string of the molecule is Cc1cccc(-n2nc(C(=O)O)c(C(=O)O)c2-c2ccc(Cl)cc2)c1. The van der Waals surface area contributed by atoms with Gasteiger partial charge in [-0.15, -0.1) is 0 Å². The maximum atomic E-state index is 11.8. The van der Waals surface area contributed by atoms with Crippen molar-refractivity contribution in [3.05, 3.63) is 70.4 Å². The third-order valence-corrected chi connectivity index (χ3v) is 3.92. The van der Waals surface area contributed by atoms with Crippen molar-refractivity contribution in [3.63, 3.8) is 0 Å². The quantitative estimate of drug-likeness (QED) is 0.739. The van der Waals surface area contributed by atoms with Crippen LogP contribution in [0.5, 0.6) is 0 Å². The van der Waals surface area contributed by atoms with Gasteiger partial charge in [0.05, 0.1) is 11.4 Å². The molecule has 0 atom stereocenters. The summed E-state index contributed by atoms with van der Waals surface area (Å²) < 4.78 is 1.34. The first-order valence-corrected chi connectivity index (χ1v) is 7.69. The van der Waals surface area contributed by atoms with E-state index in [1.54, 1.807) is 42.5 Å². The van der Waals surface area contributed by atoms with E-state index < -0.39 is 17.6 Å². The van der Waals surface area contributed by atoms with Gasteiger partial charge in [0.2, 0.25) is 0 Å². The molecular weight excluding hydrogens is 344 g/mol. The van der Waals surface area contributed by atoms with Crippen LogP contribution in [0.3, 0.4) is 0 Å². The Balaban J connectivity index is 2.37. The van der Waals surface area contributed by atoms with Crippen LogP contribution in [-0.2, 0) is 0 Å². The van der Waals surface area contributed by atoms with Gasteiger partial charge in [-0.05, 0) is 36.8 Å². The second-order valence-electron chi connectivity index (χ2n) is 5.44. The van der Waals surface area contributed by atoms with E-state index in [1.165, 1.54) is 4.68 Å². The second-order valence-corrected chi connectivity index (χ2v) is 5.88. The lowest BCUT2D eigenvalue weighted by molar-refractivity contribution is 0.0648. The van der Waals surface area contributed by atoms with Gasteiger partial charge in [0.15, 0.2) is 5.69 Å². The van der Waals surface area contributed by atoms with Crippen molar-refractivity contribution in [2.24, 2.45) is 0 Å². The van der Waals surface area contributed by atoms with E-state index in [0.29, 0.717) is 16.3 Å². The minimum atomic E-state index is -1.40. The number of hydrogen-bond acceptors (Lipinski definition) is 3. The average Bonchev–Trinajstić information content (AvgIpc) is 2.96. The van der Waals surface area contributed by atoms with E-state index in [2.05, 4.69) is 5.10 Å². The van der Waals surface area contributed by atoms with Crippen molar-refractivity contribution in [2.45, 2.75) is 6.92 Å². The van der Waals surface area contributed by atoms with E-state index in [-0.39, 0.29) is 11.3 Å². The number of rotatable bonds is 4. The molecule has 0 bridgehead atoms. The van der Waals surface area contributed by atoms with Crippen LogP contribution in [0.15, 0.2) is 48.5 Å². The summed E-state index contributed by atoms with van der Waals surface area (Å²) in [4.78, 5) is 23.3. The topological polar surface area (TPSA) is 92.4 Å². The normalized spacial score (nSPS) is 10.6. The summed E-state index contributed by atoms with van der Waals surface area (Å²) in [7, 11) is 0. The number of halogens is 1. The zero-order chi connectivity index (χ0) is 18.1. The van der Waals surface area contributed by atoms with Gasteiger partial charge in [0.1, 0.15) is 5.56 Å². The number of carboxylic acid groups (broad SMARTS) is 2. The van der Waals surface area contributed by atoms with E-state index in [1.807, 2.05) is 13.0 Å². The number of aryl methyl sites for hydroxylation is 1. The molecule has 0 saturated heterocycles.